The highest BCUT2D eigenvalue weighted by Gasteiger charge is 2.13. The van der Waals surface area contributed by atoms with Crippen molar-refractivity contribution in [2.45, 2.75) is 19.6 Å². The van der Waals surface area contributed by atoms with Crippen LogP contribution in [0.1, 0.15) is 37.4 Å². The van der Waals surface area contributed by atoms with Crippen molar-refractivity contribution in [3.05, 3.63) is 70.3 Å². The van der Waals surface area contributed by atoms with Crippen LogP contribution in [0, 0.1) is 0 Å². The summed E-state index contributed by atoms with van der Waals surface area (Å²) in [4.78, 5) is 25.8. The van der Waals surface area contributed by atoms with E-state index in [4.69, 9.17) is 0 Å². The van der Waals surface area contributed by atoms with Gasteiger partial charge < -0.3 is 15.5 Å². The largest absolute Gasteiger partial charge is 0.348 e. The third kappa shape index (κ3) is 3.46. The summed E-state index contributed by atoms with van der Waals surface area (Å²) in [6.07, 6.45) is 0. The van der Waals surface area contributed by atoms with Crippen molar-refractivity contribution >= 4 is 11.8 Å². The summed E-state index contributed by atoms with van der Waals surface area (Å²) in [7, 11) is 3.38. The van der Waals surface area contributed by atoms with Crippen LogP contribution in [0.3, 0.4) is 0 Å². The van der Waals surface area contributed by atoms with Gasteiger partial charge in [0.25, 0.3) is 11.8 Å². The first-order valence-electron chi connectivity index (χ1n) is 7.96. The molecular weight excluding hydrogens is 302 g/mol. The number of carbonyl (C=O) groups is 2. The predicted octanol–water partition coefficient (Wildman–Crippen LogP) is 1.92. The topological polar surface area (TPSA) is 61.4 Å². The maximum atomic E-state index is 12.3. The summed E-state index contributed by atoms with van der Waals surface area (Å²) in [5.41, 5.74) is 4.69. The lowest BCUT2D eigenvalue weighted by atomic mass is 10.1. The fourth-order valence-electron chi connectivity index (χ4n) is 2.79. The molecule has 0 spiro atoms. The van der Waals surface area contributed by atoms with Gasteiger partial charge in [0, 0.05) is 44.9 Å². The third-order valence-electron chi connectivity index (χ3n) is 4.13. The van der Waals surface area contributed by atoms with Gasteiger partial charge in [0.05, 0.1) is 0 Å². The molecule has 0 aliphatic carbocycles. The van der Waals surface area contributed by atoms with E-state index in [-0.39, 0.29) is 11.8 Å². The molecule has 5 nitrogen and oxygen atoms in total. The summed E-state index contributed by atoms with van der Waals surface area (Å²) < 4.78 is 0. The molecule has 0 bridgehead atoms. The van der Waals surface area contributed by atoms with Gasteiger partial charge in [0.2, 0.25) is 0 Å². The normalized spacial score (nSPS) is 12.6. The quantitative estimate of drug-likeness (QED) is 0.904. The minimum absolute atomic E-state index is 0.115. The van der Waals surface area contributed by atoms with E-state index in [1.165, 1.54) is 16.0 Å². The minimum Gasteiger partial charge on any atom is -0.348 e. The number of rotatable bonds is 4. The molecule has 2 amide bonds. The highest BCUT2D eigenvalue weighted by Crippen LogP contribution is 2.17. The number of hydrogen-bond donors (Lipinski definition) is 2. The van der Waals surface area contributed by atoms with Crippen LogP contribution >= 0.6 is 0 Å². The van der Waals surface area contributed by atoms with Crippen LogP contribution in [-0.4, -0.2) is 30.8 Å². The molecule has 0 saturated carbocycles. The SMILES string of the molecule is CN(C)C(=O)c1cccc(C(=O)NCc2ccc3c(c2)CNC3)c1. The molecule has 1 aliphatic rings. The first-order chi connectivity index (χ1) is 11.5. The van der Waals surface area contributed by atoms with E-state index in [1.807, 2.05) is 6.07 Å². The van der Waals surface area contributed by atoms with E-state index >= 15 is 0 Å². The lowest BCUT2D eigenvalue weighted by molar-refractivity contribution is 0.0827. The van der Waals surface area contributed by atoms with E-state index < -0.39 is 0 Å². The van der Waals surface area contributed by atoms with Crippen LogP contribution in [-0.2, 0) is 19.6 Å². The van der Waals surface area contributed by atoms with Crippen LogP contribution in [0.2, 0.25) is 0 Å². The first kappa shape index (κ1) is 16.2. The Balaban J connectivity index is 1.67. The molecule has 1 heterocycles. The second-order valence-electron chi connectivity index (χ2n) is 6.17. The van der Waals surface area contributed by atoms with E-state index in [2.05, 4.69) is 22.8 Å². The lowest BCUT2D eigenvalue weighted by Crippen LogP contribution is -2.25. The second kappa shape index (κ2) is 6.84. The van der Waals surface area contributed by atoms with Gasteiger partial charge in [-0.05, 0) is 34.9 Å². The summed E-state index contributed by atoms with van der Waals surface area (Å²) >= 11 is 0. The molecule has 0 unspecified atom stereocenters. The zero-order chi connectivity index (χ0) is 17.1. The zero-order valence-corrected chi connectivity index (χ0v) is 13.9. The lowest BCUT2D eigenvalue weighted by Gasteiger charge is -2.11. The van der Waals surface area contributed by atoms with Gasteiger partial charge in [-0.2, -0.15) is 0 Å². The van der Waals surface area contributed by atoms with Crippen LogP contribution in [0.4, 0.5) is 0 Å². The summed E-state index contributed by atoms with van der Waals surface area (Å²) in [5.74, 6) is -0.294. The molecular formula is C19H21N3O2. The standard InChI is InChI=1S/C19H21N3O2/c1-22(2)19(24)15-5-3-4-14(9-15)18(23)21-10-13-6-7-16-11-20-12-17(16)8-13/h3-9,20H,10-12H2,1-2H3,(H,21,23). The molecule has 0 aromatic heterocycles. The number of fused-ring (bicyclic) bond motifs is 1. The average Bonchev–Trinajstić information content (AvgIpc) is 3.06. The Hall–Kier alpha value is -2.66. The minimum atomic E-state index is -0.179. The maximum Gasteiger partial charge on any atom is 0.253 e. The van der Waals surface area contributed by atoms with E-state index in [0.29, 0.717) is 17.7 Å². The number of nitrogens with zero attached hydrogens (tertiary/aromatic N) is 1. The van der Waals surface area contributed by atoms with Crippen molar-refractivity contribution in [1.29, 1.82) is 0 Å². The van der Waals surface area contributed by atoms with Gasteiger partial charge in [-0.25, -0.2) is 0 Å². The Morgan fingerprint density at radius 1 is 1.04 bits per heavy atom. The molecule has 2 N–H and O–H groups in total. The fraction of sp³-hybridized carbons (Fsp3) is 0.263. The van der Waals surface area contributed by atoms with Crippen LogP contribution < -0.4 is 10.6 Å². The molecule has 24 heavy (non-hydrogen) atoms. The van der Waals surface area contributed by atoms with Crippen LogP contribution in [0.15, 0.2) is 42.5 Å². The summed E-state index contributed by atoms with van der Waals surface area (Å²) in [6.45, 7) is 2.26. The molecule has 2 aromatic rings. The number of carbonyl (C=O) groups excluding carboxylic acids is 2. The number of nitrogens with one attached hydrogen (secondary N) is 2. The van der Waals surface area contributed by atoms with Crippen molar-refractivity contribution in [2.75, 3.05) is 14.1 Å². The van der Waals surface area contributed by atoms with Crippen molar-refractivity contribution in [3.63, 3.8) is 0 Å². The van der Waals surface area contributed by atoms with Gasteiger partial charge in [0.15, 0.2) is 0 Å². The highest BCUT2D eigenvalue weighted by molar-refractivity contribution is 5.99. The average molecular weight is 323 g/mol. The number of benzene rings is 2. The molecule has 0 fully saturated rings. The smallest absolute Gasteiger partial charge is 0.253 e. The molecule has 0 atom stereocenters. The van der Waals surface area contributed by atoms with E-state index in [1.54, 1.807) is 38.4 Å². The molecule has 0 radical (unpaired) electrons. The summed E-state index contributed by atoms with van der Waals surface area (Å²) in [6, 6.07) is 13.1. The van der Waals surface area contributed by atoms with Crippen molar-refractivity contribution in [2.24, 2.45) is 0 Å². The number of amides is 2. The van der Waals surface area contributed by atoms with Gasteiger partial charge in [0.1, 0.15) is 0 Å². The Morgan fingerprint density at radius 2 is 1.79 bits per heavy atom. The van der Waals surface area contributed by atoms with Gasteiger partial charge in [-0.1, -0.05) is 24.3 Å². The second-order valence-corrected chi connectivity index (χ2v) is 6.17. The summed E-state index contributed by atoms with van der Waals surface area (Å²) in [5, 5.41) is 6.23. The van der Waals surface area contributed by atoms with Gasteiger partial charge in [-0.15, -0.1) is 0 Å². The molecule has 0 saturated heterocycles. The van der Waals surface area contributed by atoms with E-state index in [0.717, 1.165) is 18.7 Å². The Kier molecular flexibility index (Phi) is 4.62. The monoisotopic (exact) mass is 323 g/mol. The Morgan fingerprint density at radius 3 is 2.58 bits per heavy atom. The Labute approximate surface area is 141 Å². The first-order valence-corrected chi connectivity index (χ1v) is 7.96. The molecule has 1 aliphatic heterocycles. The molecule has 124 valence electrons. The predicted molar refractivity (Wildman–Crippen MR) is 92.6 cm³/mol. The third-order valence-corrected chi connectivity index (χ3v) is 4.13. The van der Waals surface area contributed by atoms with Crippen molar-refractivity contribution < 1.29 is 9.59 Å². The van der Waals surface area contributed by atoms with Gasteiger partial charge >= 0.3 is 0 Å². The maximum absolute atomic E-state index is 12.3. The van der Waals surface area contributed by atoms with Gasteiger partial charge in [-0.3, -0.25) is 9.59 Å². The molecule has 5 heteroatoms. The zero-order valence-electron chi connectivity index (χ0n) is 13.9. The number of hydrogen-bond acceptors (Lipinski definition) is 3. The van der Waals surface area contributed by atoms with E-state index in [9.17, 15) is 9.59 Å². The fourth-order valence-corrected chi connectivity index (χ4v) is 2.79. The molecule has 2 aromatic carbocycles. The highest BCUT2D eigenvalue weighted by atomic mass is 16.2. The Bertz CT molecular complexity index is 784. The van der Waals surface area contributed by atoms with Crippen molar-refractivity contribution in [3.8, 4) is 0 Å². The van der Waals surface area contributed by atoms with Crippen LogP contribution in [0.25, 0.3) is 0 Å². The van der Waals surface area contributed by atoms with Crippen molar-refractivity contribution in [1.82, 2.24) is 15.5 Å². The van der Waals surface area contributed by atoms with Crippen LogP contribution in [0.5, 0.6) is 0 Å². The molecule has 3 rings (SSSR count).